The lowest BCUT2D eigenvalue weighted by Crippen LogP contribution is -2.58. The number of aromatic nitrogens is 2. The van der Waals surface area contributed by atoms with E-state index in [1.807, 2.05) is 36.1 Å². The minimum absolute atomic E-state index is 0.0715. The van der Waals surface area contributed by atoms with E-state index in [0.717, 1.165) is 25.2 Å². The van der Waals surface area contributed by atoms with Crippen molar-refractivity contribution in [2.45, 2.75) is 11.8 Å². The Labute approximate surface area is 106 Å². The molecule has 2 aromatic rings. The summed E-state index contributed by atoms with van der Waals surface area (Å²) in [5.41, 5.74) is 2.35. The Hall–Kier alpha value is -1.68. The molecule has 94 valence electrons. The van der Waals surface area contributed by atoms with Gasteiger partial charge in [-0.2, -0.15) is 5.10 Å². The maximum atomic E-state index is 13.0. The zero-order valence-corrected chi connectivity index (χ0v) is 10.4. The summed E-state index contributed by atoms with van der Waals surface area (Å²) < 4.78 is 14.8. The molecule has 3 rings (SSSR count). The van der Waals surface area contributed by atoms with E-state index < -0.39 is 0 Å². The van der Waals surface area contributed by atoms with Crippen LogP contribution in [0.25, 0.3) is 0 Å². The molecule has 4 heteroatoms. The lowest BCUT2D eigenvalue weighted by Gasteiger charge is -2.43. The second-order valence-corrected chi connectivity index (χ2v) is 5.05. The van der Waals surface area contributed by atoms with Crippen LogP contribution in [0.5, 0.6) is 0 Å². The highest BCUT2D eigenvalue weighted by molar-refractivity contribution is 5.32. The van der Waals surface area contributed by atoms with Crippen LogP contribution in [0.4, 0.5) is 4.39 Å². The first kappa shape index (κ1) is 11.4. The summed E-state index contributed by atoms with van der Waals surface area (Å²) in [5, 5.41) is 7.75. The molecule has 1 aliphatic heterocycles. The third-order valence-electron chi connectivity index (χ3n) is 3.67. The smallest absolute Gasteiger partial charge is 0.123 e. The van der Waals surface area contributed by atoms with Gasteiger partial charge in [0.2, 0.25) is 0 Å². The molecular formula is C14H16FN3. The van der Waals surface area contributed by atoms with Crippen molar-refractivity contribution in [3.8, 4) is 0 Å². The summed E-state index contributed by atoms with van der Waals surface area (Å²) >= 11 is 0. The fraction of sp³-hybridized carbons (Fsp3) is 0.357. The summed E-state index contributed by atoms with van der Waals surface area (Å²) in [6.45, 7) is 1.85. The van der Waals surface area contributed by atoms with Crippen molar-refractivity contribution < 1.29 is 4.39 Å². The molecule has 3 nitrogen and oxygen atoms in total. The maximum Gasteiger partial charge on any atom is 0.123 e. The Bertz CT molecular complexity index is 540. The van der Waals surface area contributed by atoms with Gasteiger partial charge in [0.15, 0.2) is 0 Å². The van der Waals surface area contributed by atoms with Gasteiger partial charge in [0.25, 0.3) is 0 Å². The zero-order chi connectivity index (χ0) is 12.6. The second kappa shape index (κ2) is 4.21. The SMILES string of the molecule is Cn1ccc(CC2(c3ccc(F)cc3)CNC2)n1. The minimum Gasteiger partial charge on any atom is -0.315 e. The van der Waals surface area contributed by atoms with Gasteiger partial charge in [0.1, 0.15) is 5.82 Å². The summed E-state index contributed by atoms with van der Waals surface area (Å²) in [6, 6.07) is 8.89. The monoisotopic (exact) mass is 245 g/mol. The van der Waals surface area contributed by atoms with E-state index >= 15 is 0 Å². The van der Waals surface area contributed by atoms with Gasteiger partial charge in [-0.15, -0.1) is 0 Å². The van der Waals surface area contributed by atoms with Gasteiger partial charge in [-0.1, -0.05) is 12.1 Å². The minimum atomic E-state index is -0.181. The molecule has 1 N–H and O–H groups in total. The topological polar surface area (TPSA) is 29.9 Å². The van der Waals surface area contributed by atoms with Crippen molar-refractivity contribution in [2.75, 3.05) is 13.1 Å². The predicted molar refractivity (Wildman–Crippen MR) is 67.9 cm³/mol. The molecule has 0 spiro atoms. The van der Waals surface area contributed by atoms with Crippen molar-refractivity contribution in [1.82, 2.24) is 15.1 Å². The zero-order valence-electron chi connectivity index (χ0n) is 10.4. The van der Waals surface area contributed by atoms with Crippen molar-refractivity contribution in [1.29, 1.82) is 0 Å². The highest BCUT2D eigenvalue weighted by atomic mass is 19.1. The highest BCUT2D eigenvalue weighted by Gasteiger charge is 2.39. The molecule has 0 unspecified atom stereocenters. The number of hydrogen-bond donors (Lipinski definition) is 1. The number of nitrogens with one attached hydrogen (secondary N) is 1. The molecule has 0 atom stereocenters. The van der Waals surface area contributed by atoms with E-state index in [1.165, 1.54) is 17.7 Å². The van der Waals surface area contributed by atoms with Crippen molar-refractivity contribution in [3.63, 3.8) is 0 Å². The fourth-order valence-electron chi connectivity index (χ4n) is 2.57. The average molecular weight is 245 g/mol. The van der Waals surface area contributed by atoms with Gasteiger partial charge >= 0.3 is 0 Å². The lowest BCUT2D eigenvalue weighted by atomic mass is 9.72. The molecule has 0 bridgehead atoms. The number of hydrogen-bond acceptors (Lipinski definition) is 2. The van der Waals surface area contributed by atoms with Crippen LogP contribution in [-0.2, 0) is 18.9 Å². The largest absolute Gasteiger partial charge is 0.315 e. The Kier molecular flexibility index (Phi) is 2.67. The molecule has 0 aliphatic carbocycles. The number of halogens is 1. The van der Waals surface area contributed by atoms with Crippen LogP contribution in [0.1, 0.15) is 11.3 Å². The van der Waals surface area contributed by atoms with E-state index in [9.17, 15) is 4.39 Å². The van der Waals surface area contributed by atoms with Crippen LogP contribution in [0.3, 0.4) is 0 Å². The first-order valence-corrected chi connectivity index (χ1v) is 6.13. The van der Waals surface area contributed by atoms with Gasteiger partial charge in [-0.25, -0.2) is 4.39 Å². The highest BCUT2D eigenvalue weighted by Crippen LogP contribution is 2.32. The number of aryl methyl sites for hydroxylation is 1. The fourth-order valence-corrected chi connectivity index (χ4v) is 2.57. The first-order chi connectivity index (χ1) is 8.68. The van der Waals surface area contributed by atoms with E-state index in [-0.39, 0.29) is 11.2 Å². The molecule has 2 heterocycles. The van der Waals surface area contributed by atoms with Crippen molar-refractivity contribution in [3.05, 3.63) is 53.6 Å². The van der Waals surface area contributed by atoms with Crippen LogP contribution >= 0.6 is 0 Å². The summed E-state index contributed by atoms with van der Waals surface area (Å²) in [5.74, 6) is -0.181. The molecule has 1 saturated heterocycles. The Morgan fingerprint density at radius 3 is 2.50 bits per heavy atom. The number of rotatable bonds is 3. The van der Waals surface area contributed by atoms with E-state index in [0.29, 0.717) is 0 Å². The van der Waals surface area contributed by atoms with E-state index in [1.54, 1.807) is 0 Å². The van der Waals surface area contributed by atoms with Crippen LogP contribution in [-0.4, -0.2) is 22.9 Å². The third-order valence-corrected chi connectivity index (χ3v) is 3.67. The van der Waals surface area contributed by atoms with Crippen LogP contribution in [0.15, 0.2) is 36.5 Å². The summed E-state index contributed by atoms with van der Waals surface area (Å²) in [7, 11) is 1.92. The normalized spacial score (nSPS) is 17.4. The van der Waals surface area contributed by atoms with Crippen LogP contribution < -0.4 is 5.32 Å². The molecule has 18 heavy (non-hydrogen) atoms. The number of nitrogens with zero attached hydrogens (tertiary/aromatic N) is 2. The average Bonchev–Trinajstić information content (AvgIpc) is 2.71. The molecular weight excluding hydrogens is 229 g/mol. The van der Waals surface area contributed by atoms with E-state index in [4.69, 9.17) is 0 Å². The Morgan fingerprint density at radius 1 is 1.28 bits per heavy atom. The first-order valence-electron chi connectivity index (χ1n) is 6.13. The Balaban J connectivity index is 1.88. The molecule has 0 radical (unpaired) electrons. The molecule has 1 aliphatic rings. The van der Waals surface area contributed by atoms with Gasteiger partial charge in [0, 0.05) is 38.2 Å². The second-order valence-electron chi connectivity index (χ2n) is 5.05. The molecule has 1 aromatic heterocycles. The van der Waals surface area contributed by atoms with Gasteiger partial charge in [-0.05, 0) is 23.8 Å². The molecule has 0 saturated carbocycles. The van der Waals surface area contributed by atoms with Gasteiger partial charge in [0.05, 0.1) is 5.69 Å². The summed E-state index contributed by atoms with van der Waals surface area (Å²) in [6.07, 6.45) is 2.85. The lowest BCUT2D eigenvalue weighted by molar-refractivity contribution is 0.272. The van der Waals surface area contributed by atoms with Crippen molar-refractivity contribution >= 4 is 0 Å². The Morgan fingerprint density at radius 2 is 2.00 bits per heavy atom. The maximum absolute atomic E-state index is 13.0. The number of benzene rings is 1. The van der Waals surface area contributed by atoms with Gasteiger partial charge < -0.3 is 5.32 Å². The van der Waals surface area contributed by atoms with Crippen LogP contribution in [0, 0.1) is 5.82 Å². The van der Waals surface area contributed by atoms with Gasteiger partial charge in [-0.3, -0.25) is 4.68 Å². The molecule has 1 fully saturated rings. The van der Waals surface area contributed by atoms with Crippen LogP contribution in [0.2, 0.25) is 0 Å². The van der Waals surface area contributed by atoms with E-state index in [2.05, 4.69) is 10.4 Å². The standard InChI is InChI=1S/C14H16FN3/c1-18-7-6-13(17-18)8-14(9-16-10-14)11-2-4-12(15)5-3-11/h2-7,16H,8-10H2,1H3. The van der Waals surface area contributed by atoms with Crippen molar-refractivity contribution in [2.24, 2.45) is 7.05 Å². The molecule has 0 amide bonds. The summed E-state index contributed by atoms with van der Waals surface area (Å²) in [4.78, 5) is 0. The quantitative estimate of drug-likeness (QED) is 0.891. The molecule has 1 aromatic carbocycles. The predicted octanol–water partition coefficient (Wildman–Crippen LogP) is 1.64. The third kappa shape index (κ3) is 1.93.